The van der Waals surface area contributed by atoms with Crippen LogP contribution < -0.4 is 21.7 Å². The van der Waals surface area contributed by atoms with Crippen LogP contribution in [0, 0.1) is 0 Å². The van der Waals surface area contributed by atoms with Crippen molar-refractivity contribution < 1.29 is 9.18 Å². The predicted octanol–water partition coefficient (Wildman–Crippen LogP) is 1.01. The lowest BCUT2D eigenvalue weighted by molar-refractivity contribution is 0.100. The summed E-state index contributed by atoms with van der Waals surface area (Å²) in [7, 11) is 0. The molecule has 1 aromatic carbocycles. The molecule has 0 saturated carbocycles. The van der Waals surface area contributed by atoms with E-state index >= 15 is 0 Å². The Kier molecular flexibility index (Phi) is 5.29. The monoisotopic (exact) mass is 397 g/mol. The summed E-state index contributed by atoms with van der Waals surface area (Å²) in [5.41, 5.74) is 7.04. The second-order valence-corrected chi connectivity index (χ2v) is 6.65. The highest BCUT2D eigenvalue weighted by molar-refractivity contribution is 5.98. The first-order chi connectivity index (χ1) is 14.1. The van der Waals surface area contributed by atoms with Gasteiger partial charge in [0.1, 0.15) is 18.1 Å². The second-order valence-electron chi connectivity index (χ2n) is 6.65. The minimum Gasteiger partial charge on any atom is -0.365 e. The molecule has 0 radical (unpaired) electrons. The number of aromatic nitrogens is 5. The molecule has 2 aromatic heterocycles. The first-order valence-corrected chi connectivity index (χ1v) is 9.09. The van der Waals surface area contributed by atoms with Gasteiger partial charge in [0.25, 0.3) is 5.91 Å². The van der Waals surface area contributed by atoms with E-state index in [-0.39, 0.29) is 23.5 Å². The first-order valence-electron chi connectivity index (χ1n) is 9.09. The van der Waals surface area contributed by atoms with E-state index in [1.807, 2.05) is 24.3 Å². The number of hydrogen-bond acceptors (Lipinski definition) is 8. The summed E-state index contributed by atoms with van der Waals surface area (Å²) in [6.45, 7) is 0.186. The van der Waals surface area contributed by atoms with Gasteiger partial charge in [0.15, 0.2) is 0 Å². The van der Waals surface area contributed by atoms with Gasteiger partial charge in [-0.05, 0) is 24.6 Å². The van der Waals surface area contributed by atoms with E-state index in [2.05, 4.69) is 36.1 Å². The molecule has 10 nitrogen and oxygen atoms in total. The smallest absolute Gasteiger partial charge is 0.254 e. The van der Waals surface area contributed by atoms with Crippen molar-refractivity contribution in [2.75, 3.05) is 23.9 Å². The molecule has 11 heteroatoms. The molecule has 0 aliphatic carbocycles. The van der Waals surface area contributed by atoms with Crippen molar-refractivity contribution in [2.24, 2.45) is 5.73 Å². The number of primary amides is 1. The molecule has 2 atom stereocenters. The summed E-state index contributed by atoms with van der Waals surface area (Å²) < 4.78 is 12.8. The van der Waals surface area contributed by atoms with Gasteiger partial charge in [-0.15, -0.1) is 0 Å². The fraction of sp³-hybridized carbons (Fsp3) is 0.278. The number of anilines is 3. The van der Waals surface area contributed by atoms with Gasteiger partial charge in [0.05, 0.1) is 18.1 Å². The highest BCUT2D eigenvalue weighted by Crippen LogP contribution is 2.22. The Labute approximate surface area is 165 Å². The van der Waals surface area contributed by atoms with Crippen molar-refractivity contribution in [1.29, 1.82) is 0 Å². The van der Waals surface area contributed by atoms with Gasteiger partial charge in [-0.1, -0.05) is 6.07 Å². The van der Waals surface area contributed by atoms with E-state index in [4.69, 9.17) is 5.73 Å². The number of nitrogens with zero attached hydrogens (tertiary/aromatic N) is 5. The molecule has 3 aromatic rings. The minimum atomic E-state index is -0.649. The first kappa shape index (κ1) is 18.7. The van der Waals surface area contributed by atoms with Crippen LogP contribution in [-0.2, 0) is 0 Å². The van der Waals surface area contributed by atoms with Crippen LogP contribution in [0.3, 0.4) is 0 Å². The Balaban J connectivity index is 1.57. The number of alkyl halides is 1. The number of rotatable bonds is 7. The lowest BCUT2D eigenvalue weighted by atomic mass is 10.2. The molecular weight excluding hydrogens is 377 g/mol. The maximum atomic E-state index is 12.8. The SMILES string of the molecule is NC(=O)c1cnc(N[C@H]2CN[C@@H](CF)C2)nc1Nc1cccc(-n2nccn2)c1. The summed E-state index contributed by atoms with van der Waals surface area (Å²) in [5, 5.41) is 17.6. The van der Waals surface area contributed by atoms with Gasteiger partial charge < -0.3 is 21.7 Å². The summed E-state index contributed by atoms with van der Waals surface area (Å²) in [4.78, 5) is 21.9. The van der Waals surface area contributed by atoms with Crippen LogP contribution in [0.4, 0.5) is 21.8 Å². The summed E-state index contributed by atoms with van der Waals surface area (Å²) in [6.07, 6.45) is 5.16. The molecule has 1 saturated heterocycles. The Morgan fingerprint density at radius 3 is 2.90 bits per heavy atom. The molecule has 1 amide bonds. The molecule has 0 unspecified atom stereocenters. The maximum Gasteiger partial charge on any atom is 0.254 e. The number of carbonyl (C=O) groups excluding carboxylic acids is 1. The number of benzene rings is 1. The molecule has 29 heavy (non-hydrogen) atoms. The number of nitrogens with one attached hydrogen (secondary N) is 3. The van der Waals surface area contributed by atoms with Gasteiger partial charge in [0, 0.05) is 30.5 Å². The Bertz CT molecular complexity index is 995. The van der Waals surface area contributed by atoms with Crippen molar-refractivity contribution >= 4 is 23.4 Å². The maximum absolute atomic E-state index is 12.8. The van der Waals surface area contributed by atoms with Crippen molar-refractivity contribution in [2.45, 2.75) is 18.5 Å². The fourth-order valence-electron chi connectivity index (χ4n) is 3.15. The standard InChI is InChI=1S/C18H20FN9O/c19-8-12-6-13(9-21-12)26-18-22-10-15(16(20)29)17(27-18)25-11-2-1-3-14(7-11)28-23-4-5-24-28/h1-5,7,10,12-13,21H,6,8-9H2,(H2,20,29)(H2,22,25,26,27)/t12-,13-/m1/s1. The molecule has 1 aliphatic heterocycles. The zero-order valence-electron chi connectivity index (χ0n) is 15.4. The number of carbonyl (C=O) groups is 1. The average molecular weight is 397 g/mol. The van der Waals surface area contributed by atoms with E-state index in [9.17, 15) is 9.18 Å². The Morgan fingerprint density at radius 1 is 1.34 bits per heavy atom. The zero-order valence-corrected chi connectivity index (χ0v) is 15.4. The Hall–Kier alpha value is -3.60. The average Bonchev–Trinajstić information content (AvgIpc) is 3.40. The lowest BCUT2D eigenvalue weighted by Crippen LogP contribution is -2.25. The lowest BCUT2D eigenvalue weighted by Gasteiger charge is -2.15. The normalized spacial score (nSPS) is 18.5. The van der Waals surface area contributed by atoms with Crippen molar-refractivity contribution in [3.63, 3.8) is 0 Å². The second kappa shape index (κ2) is 8.19. The summed E-state index contributed by atoms with van der Waals surface area (Å²) in [6, 6.07) is 7.13. The zero-order chi connectivity index (χ0) is 20.2. The minimum absolute atomic E-state index is 0.00255. The molecule has 5 N–H and O–H groups in total. The van der Waals surface area contributed by atoms with Crippen LogP contribution in [0.15, 0.2) is 42.9 Å². The third-order valence-electron chi connectivity index (χ3n) is 4.55. The van der Waals surface area contributed by atoms with Gasteiger partial charge in [-0.25, -0.2) is 9.37 Å². The molecule has 3 heterocycles. The number of hydrogen-bond donors (Lipinski definition) is 4. The van der Waals surface area contributed by atoms with Crippen LogP contribution in [0.5, 0.6) is 0 Å². The molecular formula is C18H20FN9O. The quantitative estimate of drug-likeness (QED) is 0.464. The number of amides is 1. The van der Waals surface area contributed by atoms with E-state index in [1.54, 1.807) is 12.4 Å². The molecule has 1 fully saturated rings. The molecule has 4 rings (SSSR count). The summed E-state index contributed by atoms with van der Waals surface area (Å²) in [5.74, 6) is -0.0498. The van der Waals surface area contributed by atoms with E-state index < -0.39 is 12.6 Å². The topological polar surface area (TPSA) is 136 Å². The predicted molar refractivity (Wildman–Crippen MR) is 105 cm³/mol. The molecule has 150 valence electrons. The van der Waals surface area contributed by atoms with Crippen molar-refractivity contribution in [3.05, 3.63) is 48.4 Å². The Morgan fingerprint density at radius 2 is 2.17 bits per heavy atom. The van der Waals surface area contributed by atoms with Crippen LogP contribution in [0.1, 0.15) is 16.8 Å². The van der Waals surface area contributed by atoms with Crippen molar-refractivity contribution in [3.8, 4) is 5.69 Å². The third kappa shape index (κ3) is 4.29. The van der Waals surface area contributed by atoms with Gasteiger partial charge >= 0.3 is 0 Å². The van der Waals surface area contributed by atoms with Gasteiger partial charge in [0.2, 0.25) is 5.95 Å². The molecule has 1 aliphatic rings. The highest BCUT2D eigenvalue weighted by Gasteiger charge is 2.24. The largest absolute Gasteiger partial charge is 0.365 e. The van der Waals surface area contributed by atoms with Crippen LogP contribution in [0.2, 0.25) is 0 Å². The van der Waals surface area contributed by atoms with Gasteiger partial charge in [-0.3, -0.25) is 4.79 Å². The molecule has 0 spiro atoms. The van der Waals surface area contributed by atoms with E-state index in [0.717, 1.165) is 5.69 Å². The number of halogens is 1. The molecule has 0 bridgehead atoms. The number of nitrogens with two attached hydrogens (primary N) is 1. The van der Waals surface area contributed by atoms with Crippen LogP contribution in [-0.4, -0.2) is 56.2 Å². The third-order valence-corrected chi connectivity index (χ3v) is 4.55. The van der Waals surface area contributed by atoms with Crippen LogP contribution in [0.25, 0.3) is 5.69 Å². The highest BCUT2D eigenvalue weighted by atomic mass is 19.1. The van der Waals surface area contributed by atoms with Crippen molar-refractivity contribution in [1.82, 2.24) is 30.3 Å². The van der Waals surface area contributed by atoms with Gasteiger partial charge in [-0.2, -0.15) is 20.0 Å². The van der Waals surface area contributed by atoms with E-state index in [1.165, 1.54) is 11.0 Å². The van der Waals surface area contributed by atoms with Crippen LogP contribution >= 0.6 is 0 Å². The van der Waals surface area contributed by atoms with E-state index in [0.29, 0.717) is 24.6 Å². The summed E-state index contributed by atoms with van der Waals surface area (Å²) >= 11 is 0. The fourth-order valence-corrected chi connectivity index (χ4v) is 3.15.